The van der Waals surface area contributed by atoms with Gasteiger partial charge in [-0.15, -0.1) is 0 Å². The Labute approximate surface area is 195 Å². The van der Waals surface area contributed by atoms with Crippen LogP contribution in [0.3, 0.4) is 0 Å². The second-order valence-electron chi connectivity index (χ2n) is 9.13. The van der Waals surface area contributed by atoms with Gasteiger partial charge in [0.1, 0.15) is 0 Å². The minimum atomic E-state index is -4.15. The Morgan fingerprint density at radius 3 is 1.61 bits per heavy atom. The molecule has 9 unspecified atom stereocenters. The summed E-state index contributed by atoms with van der Waals surface area (Å²) in [5.41, 5.74) is 0. The molecule has 4 saturated carbocycles. The van der Waals surface area contributed by atoms with Gasteiger partial charge in [-0.25, -0.2) is 8.42 Å². The van der Waals surface area contributed by atoms with E-state index in [2.05, 4.69) is 0 Å². The number of fused-ring (bicyclic) bond motifs is 3. The predicted octanol–water partition coefficient (Wildman–Crippen LogP) is -3.37. The monoisotopic (exact) mass is 419 g/mol. The summed E-state index contributed by atoms with van der Waals surface area (Å²) in [5, 5.41) is -0.809. The second kappa shape index (κ2) is 10.7. The maximum Gasteiger partial charge on any atom is 1.00 e. The zero-order valence-corrected chi connectivity index (χ0v) is 18.6. The van der Waals surface area contributed by atoms with Crippen molar-refractivity contribution in [3.05, 3.63) is 0 Å². The van der Waals surface area contributed by atoms with Gasteiger partial charge in [-0.05, 0) is 99.7 Å². The first-order valence-corrected chi connectivity index (χ1v) is 12.4. The van der Waals surface area contributed by atoms with Crippen molar-refractivity contribution >= 4 is 21.2 Å². The van der Waals surface area contributed by atoms with E-state index in [1.165, 1.54) is 6.42 Å². The summed E-state index contributed by atoms with van der Waals surface area (Å²) in [7, 11) is -4.15. The van der Waals surface area contributed by atoms with Crippen molar-refractivity contribution in [3.63, 3.8) is 0 Å². The molecule has 9 atom stereocenters. The van der Waals surface area contributed by atoms with E-state index in [1.54, 1.807) is 0 Å². The fraction of sp³-hybridized carbons (Fsp3) is 1.00. The molecule has 152 valence electrons. The molecule has 0 aliphatic heterocycles. The van der Waals surface area contributed by atoms with E-state index >= 15 is 0 Å². The van der Waals surface area contributed by atoms with E-state index < -0.39 is 26.4 Å². The van der Waals surface area contributed by atoms with Gasteiger partial charge in [-0.2, -0.15) is 0 Å². The van der Waals surface area contributed by atoms with Gasteiger partial charge in [0.2, 0.25) is 0 Å². The molecule has 4 aliphatic carbocycles. The number of hydrogen-bond donors (Lipinski definition) is 0. The third kappa shape index (κ3) is 5.70. The maximum atomic E-state index is 11.4. The summed E-state index contributed by atoms with van der Waals surface area (Å²) >= 11 is -1.93. The SMILES string of the molecule is O=S([O-])C1CCC2CC3CC4CC(S(=O)(=O)[O-])CCC4CC3CC2C1.[Li+].[Li+].[OH-]. The summed E-state index contributed by atoms with van der Waals surface area (Å²) in [6.07, 6.45) is 9.25. The van der Waals surface area contributed by atoms with Crippen LogP contribution < -0.4 is 37.7 Å². The van der Waals surface area contributed by atoms with Crippen molar-refractivity contribution in [1.82, 2.24) is 0 Å². The summed E-state index contributed by atoms with van der Waals surface area (Å²) in [4.78, 5) is 0. The molecule has 0 spiro atoms. The molecule has 4 rings (SSSR count). The minimum Gasteiger partial charge on any atom is -0.870 e. The van der Waals surface area contributed by atoms with Crippen molar-refractivity contribution < 1.29 is 64.9 Å². The standard InChI is InChI=1S/C18H30O5S2.2Li.H2O/c19-24(20)17-3-1-11-5-14-8-16-10-18(25(21,22)23)4-2-12(16)6-13(14)7-15(11)9-17;;;/h11-18H,1-10H2,(H,19,20)(H,21,22,23);;;1H2/q;2*+1;/p-3. The fourth-order valence-electron chi connectivity index (χ4n) is 6.72. The zero-order chi connectivity index (χ0) is 17.8. The Bertz CT molecular complexity index is 646. The minimum absolute atomic E-state index is 0. The third-order valence-corrected chi connectivity index (χ3v) is 10.2. The van der Waals surface area contributed by atoms with Crippen molar-refractivity contribution in [1.29, 1.82) is 0 Å². The van der Waals surface area contributed by atoms with Crippen LogP contribution in [0.4, 0.5) is 0 Å². The fourth-order valence-corrected chi connectivity index (χ4v) is 8.36. The van der Waals surface area contributed by atoms with Crippen LogP contribution in [0, 0.1) is 35.5 Å². The quantitative estimate of drug-likeness (QED) is 0.261. The molecule has 4 fully saturated rings. The van der Waals surface area contributed by atoms with Gasteiger partial charge >= 0.3 is 37.7 Å². The van der Waals surface area contributed by atoms with Crippen LogP contribution in [-0.2, 0) is 21.2 Å². The molecular formula is C18H29Li2O6S2-. The average molecular weight is 419 g/mol. The molecule has 0 radical (unpaired) electrons. The normalized spacial score (nSPS) is 43.5. The van der Waals surface area contributed by atoms with Gasteiger partial charge in [0.05, 0.1) is 10.1 Å². The predicted molar refractivity (Wildman–Crippen MR) is 95.2 cm³/mol. The average Bonchev–Trinajstić information content (AvgIpc) is 2.56. The van der Waals surface area contributed by atoms with E-state index in [0.717, 1.165) is 44.9 Å². The van der Waals surface area contributed by atoms with Crippen molar-refractivity contribution in [2.24, 2.45) is 35.5 Å². The summed E-state index contributed by atoms with van der Waals surface area (Å²) in [6.45, 7) is 0. The molecule has 0 aromatic rings. The van der Waals surface area contributed by atoms with Crippen LogP contribution in [0.2, 0.25) is 0 Å². The molecule has 6 nitrogen and oxygen atoms in total. The van der Waals surface area contributed by atoms with E-state index in [1.807, 2.05) is 0 Å². The van der Waals surface area contributed by atoms with Gasteiger partial charge < -0.3 is 14.6 Å². The van der Waals surface area contributed by atoms with Gasteiger partial charge in [0.25, 0.3) is 0 Å². The first kappa shape index (κ1) is 27.2. The molecule has 4 aliphatic rings. The van der Waals surface area contributed by atoms with Crippen LogP contribution in [-0.4, -0.2) is 37.7 Å². The van der Waals surface area contributed by atoms with E-state index in [0.29, 0.717) is 48.3 Å². The van der Waals surface area contributed by atoms with Gasteiger partial charge in [0, 0.05) is 10.5 Å². The smallest absolute Gasteiger partial charge is 0.870 e. The molecule has 28 heavy (non-hydrogen) atoms. The number of hydrogen-bond acceptors (Lipinski definition) is 6. The van der Waals surface area contributed by atoms with Crippen LogP contribution in [0.15, 0.2) is 0 Å². The van der Waals surface area contributed by atoms with Crippen LogP contribution in [0.25, 0.3) is 0 Å². The molecule has 0 aromatic heterocycles. The summed E-state index contributed by atoms with van der Waals surface area (Å²) < 4.78 is 56.9. The molecule has 0 aromatic carbocycles. The van der Waals surface area contributed by atoms with Crippen LogP contribution in [0.5, 0.6) is 0 Å². The second-order valence-corrected chi connectivity index (χ2v) is 12.0. The molecule has 0 heterocycles. The molecule has 10 heteroatoms. The molecular weight excluding hydrogens is 390 g/mol. The summed E-state index contributed by atoms with van der Waals surface area (Å²) in [6, 6.07) is 0. The first-order valence-electron chi connectivity index (χ1n) is 9.84. The van der Waals surface area contributed by atoms with Gasteiger partial charge in [-0.3, -0.25) is 4.21 Å². The van der Waals surface area contributed by atoms with Crippen molar-refractivity contribution in [2.45, 2.75) is 74.7 Å². The third-order valence-electron chi connectivity index (χ3n) is 7.95. The summed E-state index contributed by atoms with van der Waals surface area (Å²) in [5.74, 6) is 3.54. The topological polar surface area (TPSA) is 127 Å². The Hall–Kier alpha value is 1.17. The molecule has 1 N–H and O–H groups in total. The Kier molecular flexibility index (Phi) is 10.4. The largest absolute Gasteiger partial charge is 1.00 e. The van der Waals surface area contributed by atoms with Crippen LogP contribution in [0.1, 0.15) is 64.2 Å². The van der Waals surface area contributed by atoms with Crippen molar-refractivity contribution in [2.75, 3.05) is 0 Å². The molecule has 0 bridgehead atoms. The van der Waals surface area contributed by atoms with Crippen LogP contribution >= 0.6 is 0 Å². The Balaban J connectivity index is 0.00000131. The van der Waals surface area contributed by atoms with E-state index in [9.17, 15) is 21.7 Å². The van der Waals surface area contributed by atoms with E-state index in [-0.39, 0.29) is 48.4 Å². The van der Waals surface area contributed by atoms with E-state index in [4.69, 9.17) is 0 Å². The first-order chi connectivity index (χ1) is 11.8. The molecule has 0 saturated heterocycles. The molecule has 0 amide bonds. The Morgan fingerprint density at radius 2 is 1.11 bits per heavy atom. The van der Waals surface area contributed by atoms with Gasteiger partial charge in [-0.1, -0.05) is 11.1 Å². The van der Waals surface area contributed by atoms with Gasteiger partial charge in [0.15, 0.2) is 0 Å². The maximum absolute atomic E-state index is 11.4. The number of rotatable bonds is 2. The Morgan fingerprint density at radius 1 is 0.679 bits per heavy atom. The van der Waals surface area contributed by atoms with Crippen molar-refractivity contribution in [3.8, 4) is 0 Å². The zero-order valence-electron chi connectivity index (χ0n) is 17.0.